The number of fused-ring (bicyclic) bond motifs is 1. The summed E-state index contributed by atoms with van der Waals surface area (Å²) >= 11 is 0. The first-order chi connectivity index (χ1) is 13.0. The summed E-state index contributed by atoms with van der Waals surface area (Å²) in [6.07, 6.45) is 3.38. The molecule has 6 nitrogen and oxygen atoms in total. The molecule has 142 valence electrons. The number of carbonyl (C=O) groups excluding carboxylic acids is 2. The number of nitrogens with one attached hydrogen (secondary N) is 1. The van der Waals surface area contributed by atoms with Gasteiger partial charge in [0.15, 0.2) is 11.6 Å². The highest BCUT2D eigenvalue weighted by molar-refractivity contribution is 6.16. The van der Waals surface area contributed by atoms with E-state index in [2.05, 4.69) is 17.2 Å². The molecular weight excluding hydrogens is 342 g/mol. The Morgan fingerprint density at radius 2 is 2.00 bits per heavy atom. The average Bonchev–Trinajstić information content (AvgIpc) is 2.67. The number of nitrogens with zero attached hydrogens (tertiary/aromatic N) is 2. The molecule has 1 N–H and O–H groups in total. The second-order valence-corrected chi connectivity index (χ2v) is 6.94. The van der Waals surface area contributed by atoms with Crippen molar-refractivity contribution >= 4 is 17.6 Å². The number of unbranched alkanes of at least 4 members (excludes halogenated alkanes) is 1. The van der Waals surface area contributed by atoms with Crippen LogP contribution in [0.5, 0.6) is 5.75 Å². The number of amides is 2. The number of aromatic nitrogens is 1. The Balaban J connectivity index is 1.81. The zero-order valence-corrected chi connectivity index (χ0v) is 16.0. The molecule has 0 fully saturated rings. The Morgan fingerprint density at radius 3 is 2.70 bits per heavy atom. The lowest BCUT2D eigenvalue weighted by Gasteiger charge is -2.38. The summed E-state index contributed by atoms with van der Waals surface area (Å²) in [4.78, 5) is 31.9. The third kappa shape index (κ3) is 3.79. The number of hydrogen-bond donors (Lipinski definition) is 1. The van der Waals surface area contributed by atoms with E-state index in [9.17, 15) is 9.59 Å². The molecule has 2 heterocycles. The van der Waals surface area contributed by atoms with E-state index in [1.165, 1.54) is 6.92 Å². The highest BCUT2D eigenvalue weighted by Crippen LogP contribution is 2.36. The molecule has 0 unspecified atom stereocenters. The first kappa shape index (κ1) is 18.9. The SMILES string of the molecule is CCCCN1C(=O)[C@@](C)(C(=O)NCc2ccc(C)cc2)Oc2cccnc21. The van der Waals surface area contributed by atoms with Crippen LogP contribution in [-0.2, 0) is 16.1 Å². The number of rotatable bonds is 6. The van der Waals surface area contributed by atoms with E-state index in [0.29, 0.717) is 24.7 Å². The minimum atomic E-state index is -1.62. The van der Waals surface area contributed by atoms with Crippen LogP contribution < -0.4 is 15.0 Å². The quantitative estimate of drug-likeness (QED) is 0.797. The van der Waals surface area contributed by atoms with Crippen LogP contribution in [0.3, 0.4) is 0 Å². The third-order valence-electron chi connectivity index (χ3n) is 4.72. The first-order valence-electron chi connectivity index (χ1n) is 9.25. The van der Waals surface area contributed by atoms with Gasteiger partial charge in [-0.2, -0.15) is 0 Å². The van der Waals surface area contributed by atoms with Gasteiger partial charge in [0.2, 0.25) is 0 Å². The topological polar surface area (TPSA) is 71.5 Å². The summed E-state index contributed by atoms with van der Waals surface area (Å²) in [5.74, 6) is 0.0774. The second kappa shape index (κ2) is 7.78. The zero-order chi connectivity index (χ0) is 19.4. The Morgan fingerprint density at radius 1 is 1.26 bits per heavy atom. The fraction of sp³-hybridized carbons (Fsp3) is 0.381. The van der Waals surface area contributed by atoms with Crippen molar-refractivity contribution in [3.05, 3.63) is 53.7 Å². The summed E-state index contributed by atoms with van der Waals surface area (Å²) in [5.41, 5.74) is 0.498. The zero-order valence-electron chi connectivity index (χ0n) is 16.0. The van der Waals surface area contributed by atoms with Gasteiger partial charge in [-0.25, -0.2) is 4.98 Å². The van der Waals surface area contributed by atoms with Gasteiger partial charge in [0.05, 0.1) is 0 Å². The first-order valence-corrected chi connectivity index (χ1v) is 9.25. The van der Waals surface area contributed by atoms with E-state index in [-0.39, 0.29) is 5.91 Å². The molecule has 0 saturated carbocycles. The smallest absolute Gasteiger partial charge is 0.282 e. The van der Waals surface area contributed by atoms with Crippen molar-refractivity contribution in [2.45, 2.75) is 45.8 Å². The standard InChI is InChI=1S/C21H25N3O3/c1-4-5-13-24-18-17(7-6-12-22-18)27-21(3,20(24)26)19(25)23-14-16-10-8-15(2)9-11-16/h6-12H,4-5,13-14H2,1-3H3,(H,23,25)/t21-/m1/s1. The molecule has 2 amide bonds. The van der Waals surface area contributed by atoms with E-state index in [1.807, 2.05) is 31.2 Å². The van der Waals surface area contributed by atoms with Gasteiger partial charge in [-0.3, -0.25) is 14.5 Å². The van der Waals surface area contributed by atoms with E-state index in [0.717, 1.165) is 24.0 Å². The second-order valence-electron chi connectivity index (χ2n) is 6.94. The average molecular weight is 367 g/mol. The summed E-state index contributed by atoms with van der Waals surface area (Å²) in [6, 6.07) is 11.3. The molecule has 0 aliphatic carbocycles. The number of benzene rings is 1. The molecule has 1 atom stereocenters. The Bertz CT molecular complexity index is 835. The molecule has 3 rings (SSSR count). The van der Waals surface area contributed by atoms with E-state index >= 15 is 0 Å². The normalized spacial score (nSPS) is 18.6. The van der Waals surface area contributed by atoms with E-state index in [1.54, 1.807) is 23.2 Å². The minimum Gasteiger partial charge on any atom is -0.464 e. The lowest BCUT2D eigenvalue weighted by atomic mass is 10.0. The Kier molecular flexibility index (Phi) is 5.44. The number of aryl methyl sites for hydroxylation is 1. The van der Waals surface area contributed by atoms with Gasteiger partial charge in [-0.1, -0.05) is 43.2 Å². The predicted octanol–water partition coefficient (Wildman–Crippen LogP) is 2.99. The molecule has 2 aromatic rings. The number of anilines is 1. The van der Waals surface area contributed by atoms with Gasteiger partial charge >= 0.3 is 0 Å². The largest absolute Gasteiger partial charge is 0.464 e. The molecule has 6 heteroatoms. The van der Waals surface area contributed by atoms with Crippen molar-refractivity contribution in [3.63, 3.8) is 0 Å². The molecule has 0 bridgehead atoms. The number of hydrogen-bond acceptors (Lipinski definition) is 4. The number of ether oxygens (including phenoxy) is 1. The van der Waals surface area contributed by atoms with Crippen molar-refractivity contribution < 1.29 is 14.3 Å². The number of carbonyl (C=O) groups is 2. The van der Waals surface area contributed by atoms with Gasteiger partial charge in [-0.05, 0) is 38.0 Å². The summed E-state index contributed by atoms with van der Waals surface area (Å²) in [5, 5.41) is 2.83. The van der Waals surface area contributed by atoms with Crippen molar-refractivity contribution in [3.8, 4) is 5.75 Å². The predicted molar refractivity (Wildman–Crippen MR) is 104 cm³/mol. The van der Waals surface area contributed by atoms with E-state index < -0.39 is 11.5 Å². The summed E-state index contributed by atoms with van der Waals surface area (Å²) in [7, 11) is 0. The lowest BCUT2D eigenvalue weighted by Crippen LogP contribution is -2.62. The van der Waals surface area contributed by atoms with E-state index in [4.69, 9.17) is 4.74 Å². The maximum absolute atomic E-state index is 13.1. The third-order valence-corrected chi connectivity index (χ3v) is 4.72. The number of pyridine rings is 1. The van der Waals surface area contributed by atoms with Crippen molar-refractivity contribution in [1.29, 1.82) is 0 Å². The van der Waals surface area contributed by atoms with Crippen LogP contribution in [0.2, 0.25) is 0 Å². The van der Waals surface area contributed by atoms with Gasteiger partial charge in [0.25, 0.3) is 17.4 Å². The summed E-state index contributed by atoms with van der Waals surface area (Å²) < 4.78 is 5.85. The maximum atomic E-state index is 13.1. The van der Waals surface area contributed by atoms with Crippen LogP contribution in [0.25, 0.3) is 0 Å². The molecule has 1 aliphatic heterocycles. The van der Waals surface area contributed by atoms with Crippen LogP contribution in [-0.4, -0.2) is 28.9 Å². The Labute approximate surface area is 159 Å². The fourth-order valence-electron chi connectivity index (χ4n) is 3.01. The molecule has 0 saturated heterocycles. The van der Waals surface area contributed by atoms with Crippen molar-refractivity contribution in [2.24, 2.45) is 0 Å². The molecule has 27 heavy (non-hydrogen) atoms. The maximum Gasteiger partial charge on any atom is 0.282 e. The molecule has 0 spiro atoms. The molecular formula is C21H25N3O3. The highest BCUT2D eigenvalue weighted by Gasteiger charge is 2.50. The lowest BCUT2D eigenvalue weighted by molar-refractivity contribution is -0.148. The molecule has 1 aliphatic rings. The van der Waals surface area contributed by atoms with Gasteiger partial charge in [0.1, 0.15) is 0 Å². The molecule has 1 aromatic carbocycles. The van der Waals surface area contributed by atoms with Crippen molar-refractivity contribution in [2.75, 3.05) is 11.4 Å². The fourth-order valence-corrected chi connectivity index (χ4v) is 3.01. The minimum absolute atomic E-state index is 0.334. The van der Waals surface area contributed by atoms with Crippen LogP contribution in [0.1, 0.15) is 37.8 Å². The monoisotopic (exact) mass is 367 g/mol. The highest BCUT2D eigenvalue weighted by atomic mass is 16.5. The molecule has 1 aromatic heterocycles. The van der Waals surface area contributed by atoms with Crippen LogP contribution in [0, 0.1) is 6.92 Å². The Hall–Kier alpha value is -2.89. The van der Waals surface area contributed by atoms with Gasteiger partial charge in [-0.15, -0.1) is 0 Å². The van der Waals surface area contributed by atoms with Crippen molar-refractivity contribution in [1.82, 2.24) is 10.3 Å². The van der Waals surface area contributed by atoms with Gasteiger partial charge < -0.3 is 10.1 Å². The summed E-state index contributed by atoms with van der Waals surface area (Å²) in [6.45, 7) is 6.42. The van der Waals surface area contributed by atoms with Gasteiger partial charge in [0, 0.05) is 19.3 Å². The molecule has 0 radical (unpaired) electrons. The van der Waals surface area contributed by atoms with Crippen LogP contribution >= 0.6 is 0 Å². The van der Waals surface area contributed by atoms with Crippen LogP contribution in [0.4, 0.5) is 5.82 Å². The van der Waals surface area contributed by atoms with Crippen LogP contribution in [0.15, 0.2) is 42.6 Å².